The molecule has 0 N–H and O–H groups in total. The lowest BCUT2D eigenvalue weighted by Gasteiger charge is -1.96. The summed E-state index contributed by atoms with van der Waals surface area (Å²) in [6.45, 7) is 3.39. The highest BCUT2D eigenvalue weighted by molar-refractivity contribution is 7.12. The summed E-state index contributed by atoms with van der Waals surface area (Å²) in [6, 6.07) is 1.73. The van der Waals surface area contributed by atoms with Crippen LogP contribution in [0, 0.1) is 0 Å². The van der Waals surface area contributed by atoms with Crippen molar-refractivity contribution in [2.45, 2.75) is 0 Å². The molecular weight excluding hydrogens is 160 g/mol. The first-order chi connectivity index (χ1) is 5.29. The van der Waals surface area contributed by atoms with Gasteiger partial charge in [-0.05, 0) is 17.5 Å². The summed E-state index contributed by atoms with van der Waals surface area (Å²) in [5.74, 6) is -0.0944. The maximum atomic E-state index is 11.1. The average Bonchev–Trinajstić information content (AvgIpc) is 2.50. The largest absolute Gasteiger partial charge is 0.487 e. The molecule has 0 aliphatic carbocycles. The fraction of sp³-hybridized carbons (Fsp3) is 0.125. The zero-order valence-corrected chi connectivity index (χ0v) is 6.98. The highest BCUT2D eigenvalue weighted by Gasteiger charge is 2.08. The van der Waals surface area contributed by atoms with Crippen LogP contribution in [0.2, 0.25) is 0 Å². The molecule has 0 aromatic carbocycles. The second-order valence-electron chi connectivity index (χ2n) is 1.89. The van der Waals surface area contributed by atoms with Crippen LogP contribution in [0.25, 0.3) is 0 Å². The highest BCUT2D eigenvalue weighted by Crippen LogP contribution is 2.25. The number of hydrogen-bond acceptors (Lipinski definition) is 3. The van der Waals surface area contributed by atoms with Gasteiger partial charge in [-0.15, -0.1) is 11.3 Å². The van der Waals surface area contributed by atoms with E-state index in [0.29, 0.717) is 10.6 Å². The molecule has 0 aliphatic heterocycles. The zero-order valence-electron chi connectivity index (χ0n) is 6.16. The summed E-state index contributed by atoms with van der Waals surface area (Å²) in [5, 5.41) is 2.46. The maximum absolute atomic E-state index is 11.1. The summed E-state index contributed by atoms with van der Waals surface area (Å²) < 4.78 is 4.96. The fourth-order valence-corrected chi connectivity index (χ4v) is 1.47. The lowest BCUT2D eigenvalue weighted by molar-refractivity contribution is 0.104. The van der Waals surface area contributed by atoms with E-state index in [9.17, 15) is 4.79 Å². The van der Waals surface area contributed by atoms with Crippen LogP contribution in [0.4, 0.5) is 0 Å². The van der Waals surface area contributed by atoms with E-state index in [1.54, 1.807) is 13.2 Å². The van der Waals surface area contributed by atoms with Gasteiger partial charge in [-0.2, -0.15) is 0 Å². The van der Waals surface area contributed by atoms with E-state index < -0.39 is 0 Å². The molecule has 1 rings (SSSR count). The highest BCUT2D eigenvalue weighted by atomic mass is 32.1. The number of ether oxygens (including phenoxy) is 1. The molecule has 0 aliphatic rings. The third-order valence-corrected chi connectivity index (χ3v) is 2.14. The van der Waals surface area contributed by atoms with Gasteiger partial charge in [0.05, 0.1) is 12.7 Å². The van der Waals surface area contributed by atoms with Crippen molar-refractivity contribution in [1.29, 1.82) is 0 Å². The molecule has 0 radical (unpaired) electrons. The quantitative estimate of drug-likeness (QED) is 0.510. The van der Waals surface area contributed by atoms with Crippen LogP contribution in [0.1, 0.15) is 10.4 Å². The number of methoxy groups -OCH3 is 1. The van der Waals surface area contributed by atoms with E-state index in [2.05, 4.69) is 6.58 Å². The molecule has 0 saturated carbocycles. The first kappa shape index (κ1) is 8.01. The van der Waals surface area contributed by atoms with E-state index in [4.69, 9.17) is 4.74 Å². The van der Waals surface area contributed by atoms with Gasteiger partial charge >= 0.3 is 0 Å². The molecule has 0 atom stereocenters. The molecule has 58 valence electrons. The van der Waals surface area contributed by atoms with Crippen molar-refractivity contribution in [3.63, 3.8) is 0 Å². The van der Waals surface area contributed by atoms with E-state index >= 15 is 0 Å². The van der Waals surface area contributed by atoms with Crippen molar-refractivity contribution < 1.29 is 9.53 Å². The number of allylic oxidation sites excluding steroid dienone is 1. The van der Waals surface area contributed by atoms with Crippen molar-refractivity contribution in [2.24, 2.45) is 0 Å². The average molecular weight is 168 g/mol. The molecule has 0 amide bonds. The third-order valence-electron chi connectivity index (χ3n) is 1.27. The Kier molecular flexibility index (Phi) is 2.44. The molecule has 0 bridgehead atoms. The molecule has 1 aromatic heterocycles. The number of carbonyl (C=O) groups excluding carboxylic acids is 1. The van der Waals surface area contributed by atoms with Crippen molar-refractivity contribution in [3.8, 4) is 5.06 Å². The van der Waals surface area contributed by atoms with Crippen LogP contribution in [0.5, 0.6) is 5.06 Å². The van der Waals surface area contributed by atoms with Crippen molar-refractivity contribution in [2.75, 3.05) is 7.11 Å². The summed E-state index contributed by atoms with van der Waals surface area (Å²) in [6.07, 6.45) is 1.28. The first-order valence-electron chi connectivity index (χ1n) is 3.08. The molecule has 1 heterocycles. The summed E-state index contributed by atoms with van der Waals surface area (Å²) >= 11 is 1.40. The Balaban J connectivity index is 3.01. The van der Waals surface area contributed by atoms with Gasteiger partial charge in [-0.3, -0.25) is 4.79 Å². The van der Waals surface area contributed by atoms with Crippen LogP contribution >= 0.6 is 11.3 Å². The Morgan fingerprint density at radius 2 is 2.55 bits per heavy atom. The van der Waals surface area contributed by atoms with Gasteiger partial charge in [0, 0.05) is 0 Å². The minimum Gasteiger partial charge on any atom is -0.487 e. The van der Waals surface area contributed by atoms with E-state index in [-0.39, 0.29) is 5.78 Å². The van der Waals surface area contributed by atoms with Gasteiger partial charge in [0.1, 0.15) is 0 Å². The number of ketones is 1. The Morgan fingerprint density at radius 3 is 3.09 bits per heavy atom. The standard InChI is InChI=1S/C8H8O2S/c1-3-7(9)6-4-5-11-8(6)10-2/h3-5H,1H2,2H3. The molecule has 11 heavy (non-hydrogen) atoms. The molecule has 0 fully saturated rings. The summed E-state index contributed by atoms with van der Waals surface area (Å²) in [4.78, 5) is 11.1. The minimum atomic E-state index is -0.0944. The smallest absolute Gasteiger partial charge is 0.189 e. The van der Waals surface area contributed by atoms with Gasteiger partial charge in [0.25, 0.3) is 0 Å². The monoisotopic (exact) mass is 168 g/mol. The van der Waals surface area contributed by atoms with Crippen molar-refractivity contribution in [1.82, 2.24) is 0 Å². The third kappa shape index (κ3) is 1.49. The maximum Gasteiger partial charge on any atom is 0.189 e. The Morgan fingerprint density at radius 1 is 1.82 bits per heavy atom. The van der Waals surface area contributed by atoms with E-state index in [1.165, 1.54) is 17.4 Å². The lowest BCUT2D eigenvalue weighted by Crippen LogP contribution is -1.93. The SMILES string of the molecule is C=CC(=O)c1ccsc1OC. The van der Waals surface area contributed by atoms with Gasteiger partial charge in [0.2, 0.25) is 0 Å². The van der Waals surface area contributed by atoms with Gasteiger partial charge in [0.15, 0.2) is 10.8 Å². The molecule has 0 saturated heterocycles. The molecule has 0 spiro atoms. The Hall–Kier alpha value is -1.09. The Bertz CT molecular complexity index is 275. The van der Waals surface area contributed by atoms with Crippen molar-refractivity contribution >= 4 is 17.1 Å². The van der Waals surface area contributed by atoms with Gasteiger partial charge in [-0.25, -0.2) is 0 Å². The molecule has 3 heteroatoms. The van der Waals surface area contributed by atoms with Crippen LogP contribution in [-0.2, 0) is 0 Å². The molecular formula is C8H8O2S. The predicted octanol–water partition coefficient (Wildman–Crippen LogP) is 2.13. The summed E-state index contributed by atoms with van der Waals surface area (Å²) in [5.41, 5.74) is 0.590. The van der Waals surface area contributed by atoms with Crippen LogP contribution < -0.4 is 4.74 Å². The lowest BCUT2D eigenvalue weighted by atomic mass is 10.2. The number of hydrogen-bond donors (Lipinski definition) is 0. The van der Waals surface area contributed by atoms with Gasteiger partial charge in [-0.1, -0.05) is 6.58 Å². The topological polar surface area (TPSA) is 26.3 Å². The molecule has 0 unspecified atom stereocenters. The summed E-state index contributed by atoms with van der Waals surface area (Å²) in [7, 11) is 1.55. The zero-order chi connectivity index (χ0) is 8.27. The normalized spacial score (nSPS) is 9.18. The van der Waals surface area contributed by atoms with Gasteiger partial charge < -0.3 is 4.74 Å². The van der Waals surface area contributed by atoms with E-state index in [1.807, 2.05) is 5.38 Å². The van der Waals surface area contributed by atoms with E-state index in [0.717, 1.165) is 0 Å². The van der Waals surface area contributed by atoms with Crippen LogP contribution in [0.15, 0.2) is 24.1 Å². The molecule has 2 nitrogen and oxygen atoms in total. The second-order valence-corrected chi connectivity index (χ2v) is 2.77. The predicted molar refractivity (Wildman–Crippen MR) is 45.4 cm³/mol. The molecule has 1 aromatic rings. The fourth-order valence-electron chi connectivity index (χ4n) is 0.746. The second kappa shape index (κ2) is 3.34. The first-order valence-corrected chi connectivity index (χ1v) is 3.95. The van der Waals surface area contributed by atoms with Crippen LogP contribution in [-0.4, -0.2) is 12.9 Å². The van der Waals surface area contributed by atoms with Crippen LogP contribution in [0.3, 0.4) is 0 Å². The number of carbonyl (C=O) groups is 1. The number of thiophene rings is 1. The Labute approximate surface area is 69.1 Å². The minimum absolute atomic E-state index is 0.0944. The van der Waals surface area contributed by atoms with Crippen molar-refractivity contribution in [3.05, 3.63) is 29.7 Å². The number of rotatable bonds is 3.